The zero-order chi connectivity index (χ0) is 14.6. The summed E-state index contributed by atoms with van der Waals surface area (Å²) in [6.45, 7) is 2.97. The molecule has 1 aromatic heterocycles. The largest absolute Gasteiger partial charge is 0.384 e. The minimum absolute atomic E-state index is 0.0690. The number of carbonyl (C=O) groups is 1. The summed E-state index contributed by atoms with van der Waals surface area (Å²) in [5.74, 6) is 0.366. The Morgan fingerprint density at radius 3 is 2.35 bits per heavy atom. The van der Waals surface area contributed by atoms with E-state index in [1.54, 1.807) is 12.1 Å². The average molecular weight is 277 g/mol. The summed E-state index contributed by atoms with van der Waals surface area (Å²) in [4.78, 5) is 15.7. The van der Waals surface area contributed by atoms with Gasteiger partial charge in [-0.25, -0.2) is 4.98 Å². The second-order valence-electron chi connectivity index (χ2n) is 5.20. The fraction of sp³-hybridized carbons (Fsp3) is 0.625. The summed E-state index contributed by atoms with van der Waals surface area (Å²) in [6, 6.07) is 3.34. The highest BCUT2D eigenvalue weighted by Gasteiger charge is 2.04. The van der Waals surface area contributed by atoms with Gasteiger partial charge in [-0.3, -0.25) is 4.79 Å². The Labute approximate surface area is 122 Å². The molecule has 0 saturated heterocycles. The third-order valence-electron chi connectivity index (χ3n) is 3.36. The number of rotatable bonds is 10. The Bertz CT molecular complexity index is 376. The molecule has 0 spiro atoms. The molecule has 0 fully saturated rings. The van der Waals surface area contributed by atoms with Gasteiger partial charge in [-0.15, -0.1) is 0 Å². The highest BCUT2D eigenvalue weighted by molar-refractivity contribution is 5.93. The zero-order valence-corrected chi connectivity index (χ0v) is 12.5. The number of nitrogens with one attached hydrogen (secondary N) is 1. The molecule has 0 radical (unpaired) electrons. The van der Waals surface area contributed by atoms with Gasteiger partial charge in [0.05, 0.1) is 5.56 Å². The summed E-state index contributed by atoms with van der Waals surface area (Å²) in [5, 5.41) is 2.91. The van der Waals surface area contributed by atoms with Gasteiger partial charge in [0.25, 0.3) is 5.91 Å². The van der Waals surface area contributed by atoms with Crippen LogP contribution < -0.4 is 11.1 Å². The Kier molecular flexibility index (Phi) is 8.43. The van der Waals surface area contributed by atoms with Gasteiger partial charge < -0.3 is 11.1 Å². The minimum Gasteiger partial charge on any atom is -0.384 e. The van der Waals surface area contributed by atoms with Crippen molar-refractivity contribution >= 4 is 11.7 Å². The van der Waals surface area contributed by atoms with Crippen LogP contribution in [0.5, 0.6) is 0 Å². The Morgan fingerprint density at radius 1 is 1.10 bits per heavy atom. The van der Waals surface area contributed by atoms with Crippen LogP contribution in [0, 0.1) is 0 Å². The second kappa shape index (κ2) is 10.2. The minimum atomic E-state index is -0.0690. The molecule has 0 unspecified atom stereocenters. The number of aromatic nitrogens is 1. The summed E-state index contributed by atoms with van der Waals surface area (Å²) >= 11 is 0. The molecule has 4 nitrogen and oxygen atoms in total. The molecule has 0 atom stereocenters. The molecule has 4 heteroatoms. The number of nitrogens with zero attached hydrogens (tertiary/aromatic N) is 1. The molecule has 1 rings (SSSR count). The number of nitrogens with two attached hydrogens (primary N) is 1. The lowest BCUT2D eigenvalue weighted by Gasteiger charge is -2.05. The van der Waals surface area contributed by atoms with Crippen LogP contribution in [0.25, 0.3) is 0 Å². The van der Waals surface area contributed by atoms with Crippen molar-refractivity contribution in [1.82, 2.24) is 10.3 Å². The lowest BCUT2D eigenvalue weighted by Crippen LogP contribution is -2.24. The molecule has 1 aromatic rings. The van der Waals surface area contributed by atoms with Crippen LogP contribution in [0.1, 0.15) is 68.6 Å². The molecule has 3 N–H and O–H groups in total. The molecule has 0 aliphatic heterocycles. The van der Waals surface area contributed by atoms with Gasteiger partial charge in [-0.1, -0.05) is 51.9 Å². The van der Waals surface area contributed by atoms with Crippen LogP contribution in [-0.2, 0) is 0 Å². The fourth-order valence-corrected chi connectivity index (χ4v) is 2.10. The topological polar surface area (TPSA) is 68.0 Å². The van der Waals surface area contributed by atoms with E-state index in [9.17, 15) is 4.79 Å². The molecular weight excluding hydrogens is 250 g/mol. The standard InChI is InChI=1S/C16H27N3O/c1-2-3-4-5-6-7-8-9-12-18-16(20)14-10-11-15(17)19-13-14/h10-11,13H,2-9,12H2,1H3,(H2,17,19)(H,18,20). The first-order valence-electron chi connectivity index (χ1n) is 7.73. The average Bonchev–Trinajstić information content (AvgIpc) is 2.46. The van der Waals surface area contributed by atoms with E-state index >= 15 is 0 Å². The highest BCUT2D eigenvalue weighted by atomic mass is 16.1. The lowest BCUT2D eigenvalue weighted by molar-refractivity contribution is 0.0952. The number of anilines is 1. The monoisotopic (exact) mass is 277 g/mol. The van der Waals surface area contributed by atoms with Gasteiger partial charge in [0.1, 0.15) is 5.82 Å². The van der Waals surface area contributed by atoms with Crippen molar-refractivity contribution in [2.45, 2.75) is 58.3 Å². The summed E-state index contributed by atoms with van der Waals surface area (Å²) in [7, 11) is 0. The second-order valence-corrected chi connectivity index (χ2v) is 5.20. The van der Waals surface area contributed by atoms with Crippen LogP contribution in [0.3, 0.4) is 0 Å². The molecule has 20 heavy (non-hydrogen) atoms. The Balaban J connectivity index is 2.01. The van der Waals surface area contributed by atoms with E-state index in [4.69, 9.17) is 5.73 Å². The van der Waals surface area contributed by atoms with Gasteiger partial charge >= 0.3 is 0 Å². The van der Waals surface area contributed by atoms with E-state index in [0.29, 0.717) is 11.4 Å². The maximum absolute atomic E-state index is 11.8. The maximum atomic E-state index is 11.8. The summed E-state index contributed by atoms with van der Waals surface area (Å²) < 4.78 is 0. The number of hydrogen-bond donors (Lipinski definition) is 2. The molecular formula is C16H27N3O. The number of nitrogen functional groups attached to an aromatic ring is 1. The molecule has 0 aromatic carbocycles. The van der Waals surface area contributed by atoms with E-state index in [2.05, 4.69) is 17.2 Å². The van der Waals surface area contributed by atoms with Gasteiger partial charge in [-0.05, 0) is 18.6 Å². The van der Waals surface area contributed by atoms with Crippen LogP contribution in [-0.4, -0.2) is 17.4 Å². The van der Waals surface area contributed by atoms with E-state index in [1.165, 1.54) is 51.1 Å². The number of amides is 1. The first-order chi connectivity index (χ1) is 9.74. The maximum Gasteiger partial charge on any atom is 0.252 e. The van der Waals surface area contributed by atoms with Crippen molar-refractivity contribution in [3.05, 3.63) is 23.9 Å². The first kappa shape index (κ1) is 16.5. The number of pyridine rings is 1. The number of carbonyl (C=O) groups excluding carboxylic acids is 1. The first-order valence-corrected chi connectivity index (χ1v) is 7.73. The molecule has 0 saturated carbocycles. The van der Waals surface area contributed by atoms with E-state index in [0.717, 1.165) is 13.0 Å². The molecule has 0 aliphatic rings. The van der Waals surface area contributed by atoms with Gasteiger partial charge in [0.2, 0.25) is 0 Å². The fourth-order valence-electron chi connectivity index (χ4n) is 2.10. The van der Waals surface area contributed by atoms with Crippen LogP contribution in [0.15, 0.2) is 18.3 Å². The Hall–Kier alpha value is -1.58. The van der Waals surface area contributed by atoms with E-state index in [1.807, 2.05) is 0 Å². The Morgan fingerprint density at radius 2 is 1.75 bits per heavy atom. The van der Waals surface area contributed by atoms with E-state index < -0.39 is 0 Å². The van der Waals surface area contributed by atoms with Crippen molar-refractivity contribution in [2.24, 2.45) is 0 Å². The third kappa shape index (κ3) is 7.12. The summed E-state index contributed by atoms with van der Waals surface area (Å²) in [6.07, 6.45) is 11.7. The zero-order valence-electron chi connectivity index (χ0n) is 12.5. The van der Waals surface area contributed by atoms with Gasteiger partial charge in [0, 0.05) is 12.7 Å². The molecule has 0 bridgehead atoms. The van der Waals surface area contributed by atoms with Crippen LogP contribution in [0.2, 0.25) is 0 Å². The SMILES string of the molecule is CCCCCCCCCCNC(=O)c1ccc(N)nc1. The highest BCUT2D eigenvalue weighted by Crippen LogP contribution is 2.08. The van der Waals surface area contributed by atoms with Crippen molar-refractivity contribution in [3.63, 3.8) is 0 Å². The lowest BCUT2D eigenvalue weighted by atomic mass is 10.1. The normalized spacial score (nSPS) is 10.4. The van der Waals surface area contributed by atoms with Crippen molar-refractivity contribution in [2.75, 3.05) is 12.3 Å². The number of hydrogen-bond acceptors (Lipinski definition) is 3. The van der Waals surface area contributed by atoms with Gasteiger partial charge in [-0.2, -0.15) is 0 Å². The molecule has 1 heterocycles. The molecule has 112 valence electrons. The quantitative estimate of drug-likeness (QED) is 0.643. The van der Waals surface area contributed by atoms with Crippen LogP contribution >= 0.6 is 0 Å². The smallest absolute Gasteiger partial charge is 0.252 e. The predicted molar refractivity (Wildman–Crippen MR) is 83.6 cm³/mol. The van der Waals surface area contributed by atoms with Crippen molar-refractivity contribution in [3.8, 4) is 0 Å². The molecule has 0 aliphatic carbocycles. The van der Waals surface area contributed by atoms with Crippen molar-refractivity contribution in [1.29, 1.82) is 0 Å². The predicted octanol–water partition coefficient (Wildman–Crippen LogP) is 3.53. The van der Waals surface area contributed by atoms with Crippen LogP contribution in [0.4, 0.5) is 5.82 Å². The molecule has 1 amide bonds. The summed E-state index contributed by atoms with van der Waals surface area (Å²) in [5.41, 5.74) is 6.05. The number of unbranched alkanes of at least 4 members (excludes halogenated alkanes) is 7. The van der Waals surface area contributed by atoms with Crippen molar-refractivity contribution < 1.29 is 4.79 Å². The van der Waals surface area contributed by atoms with E-state index in [-0.39, 0.29) is 5.91 Å². The third-order valence-corrected chi connectivity index (χ3v) is 3.36. The van der Waals surface area contributed by atoms with Gasteiger partial charge in [0.15, 0.2) is 0 Å².